The molecule has 0 N–H and O–H groups in total. The molecule has 0 amide bonds. The minimum atomic E-state index is -3.00. The van der Waals surface area contributed by atoms with Crippen molar-refractivity contribution in [2.24, 2.45) is 0 Å². The molecule has 0 unspecified atom stereocenters. The van der Waals surface area contributed by atoms with E-state index in [4.69, 9.17) is 4.74 Å². The van der Waals surface area contributed by atoms with Crippen LogP contribution in [0.1, 0.15) is 16.7 Å². The Hall–Kier alpha value is -2.41. The van der Waals surface area contributed by atoms with Gasteiger partial charge in [0.05, 0.1) is 0 Å². The molecule has 4 rings (SSSR count). The average Bonchev–Trinajstić information content (AvgIpc) is 2.83. The average molecular weight is 491 g/mol. The summed E-state index contributed by atoms with van der Waals surface area (Å²) in [6, 6.07) is 37.3. The van der Waals surface area contributed by atoms with Gasteiger partial charge in [-0.25, -0.2) is 0 Å². The van der Waals surface area contributed by atoms with Crippen molar-refractivity contribution in [2.45, 2.75) is 20.0 Å². The van der Waals surface area contributed by atoms with Gasteiger partial charge in [-0.15, -0.1) is 0 Å². The van der Waals surface area contributed by atoms with Gasteiger partial charge in [-0.3, -0.25) is 0 Å². The second-order valence-electron chi connectivity index (χ2n) is 8.09. The molecule has 1 nitrogen and oxygen atoms in total. The summed E-state index contributed by atoms with van der Waals surface area (Å²) in [5.74, 6) is 0.946. The zero-order valence-corrected chi connectivity index (χ0v) is 20.7. The van der Waals surface area contributed by atoms with E-state index in [9.17, 15) is 0 Å². The zero-order valence-electron chi connectivity index (χ0n) is 18.3. The van der Waals surface area contributed by atoms with Gasteiger partial charge in [-0.1, -0.05) is 0 Å². The molecule has 0 spiro atoms. The Kier molecular flexibility index (Phi) is 6.06. The predicted octanol–water partition coefficient (Wildman–Crippen LogP) is 6.65. The third kappa shape index (κ3) is 3.73. The van der Waals surface area contributed by atoms with E-state index in [-0.39, 0.29) is 0 Å². The van der Waals surface area contributed by atoms with Crippen LogP contribution in [0.5, 0.6) is 5.75 Å². The number of ether oxygens (including phenoxy) is 1. The molecular formula is C28H28BrOP. The second-order valence-corrected chi connectivity index (χ2v) is 17.0. The summed E-state index contributed by atoms with van der Waals surface area (Å²) in [6.07, 6.45) is 0.862. The minimum absolute atomic E-state index is 0.862. The fourth-order valence-corrected chi connectivity index (χ4v) is 12.2. The van der Waals surface area contributed by atoms with Crippen LogP contribution in [0, 0.1) is 13.8 Å². The van der Waals surface area contributed by atoms with Crippen LogP contribution in [0.2, 0.25) is 0 Å². The molecule has 0 atom stereocenters. The van der Waals surface area contributed by atoms with E-state index in [1.165, 1.54) is 32.6 Å². The maximum absolute atomic E-state index is 5.73. The van der Waals surface area contributed by atoms with Gasteiger partial charge in [0.25, 0.3) is 0 Å². The third-order valence-corrected chi connectivity index (χ3v) is 15.8. The molecule has 0 fully saturated rings. The van der Waals surface area contributed by atoms with Crippen LogP contribution < -0.4 is 20.7 Å². The van der Waals surface area contributed by atoms with Crippen LogP contribution in [-0.2, 0) is 6.16 Å². The van der Waals surface area contributed by atoms with Crippen molar-refractivity contribution in [3.05, 3.63) is 120 Å². The van der Waals surface area contributed by atoms with Gasteiger partial charge in [-0.05, 0) is 0 Å². The van der Waals surface area contributed by atoms with Gasteiger partial charge in [0.1, 0.15) is 0 Å². The van der Waals surface area contributed by atoms with Gasteiger partial charge in [0.2, 0.25) is 0 Å². The number of hydrogen-bond acceptors (Lipinski definition) is 1. The van der Waals surface area contributed by atoms with E-state index in [0.717, 1.165) is 11.9 Å². The Morgan fingerprint density at radius 2 is 1.10 bits per heavy atom. The summed E-state index contributed by atoms with van der Waals surface area (Å²) in [6.45, 7) is 4.29. The molecule has 3 heteroatoms. The van der Waals surface area contributed by atoms with Crippen molar-refractivity contribution in [3.8, 4) is 5.75 Å². The van der Waals surface area contributed by atoms with Crippen LogP contribution >= 0.6 is 20.8 Å². The van der Waals surface area contributed by atoms with Crippen LogP contribution in [-0.4, -0.2) is 7.11 Å². The Bertz CT molecular complexity index is 1070. The molecule has 158 valence electrons. The number of benzene rings is 4. The molecule has 4 aromatic carbocycles. The summed E-state index contributed by atoms with van der Waals surface area (Å²) in [4.78, 5) is 0. The van der Waals surface area contributed by atoms with Crippen LogP contribution in [0.25, 0.3) is 0 Å². The molecule has 0 aromatic heterocycles. The van der Waals surface area contributed by atoms with Gasteiger partial charge < -0.3 is 0 Å². The van der Waals surface area contributed by atoms with E-state index in [2.05, 4.69) is 132 Å². The van der Waals surface area contributed by atoms with Gasteiger partial charge >= 0.3 is 194 Å². The first-order valence-electron chi connectivity index (χ1n) is 10.5. The normalized spacial score (nSPS) is 12.7. The Morgan fingerprint density at radius 1 is 0.677 bits per heavy atom. The maximum atomic E-state index is 5.73. The van der Waals surface area contributed by atoms with Crippen LogP contribution in [0.4, 0.5) is 0 Å². The fourth-order valence-electron chi connectivity index (χ4n) is 4.48. The van der Waals surface area contributed by atoms with Gasteiger partial charge in [0, 0.05) is 0 Å². The van der Waals surface area contributed by atoms with E-state index in [1.54, 1.807) is 7.11 Å². The summed E-state index contributed by atoms with van der Waals surface area (Å²) >= 11 is 4.53. The van der Waals surface area contributed by atoms with E-state index < -0.39 is 5.31 Å². The van der Waals surface area contributed by atoms with Crippen molar-refractivity contribution < 1.29 is 4.74 Å². The summed E-state index contributed by atoms with van der Waals surface area (Å²) in [5.41, 5.74) is 3.72. The predicted molar refractivity (Wildman–Crippen MR) is 140 cm³/mol. The summed E-state index contributed by atoms with van der Waals surface area (Å²) in [5, 5.41) is 0.964. The molecule has 0 radical (unpaired) electrons. The van der Waals surface area contributed by atoms with Gasteiger partial charge in [-0.2, -0.15) is 0 Å². The molecule has 31 heavy (non-hydrogen) atoms. The first-order chi connectivity index (χ1) is 15.0. The second kappa shape index (κ2) is 8.61. The first-order valence-corrected chi connectivity index (χ1v) is 14.9. The Balaban J connectivity index is 2.08. The van der Waals surface area contributed by atoms with Gasteiger partial charge in [0.15, 0.2) is 0 Å². The quantitative estimate of drug-likeness (QED) is 0.275. The number of rotatable bonds is 6. The molecule has 0 saturated carbocycles. The zero-order chi connectivity index (χ0) is 21.9. The molecule has 0 bridgehead atoms. The molecule has 0 aliphatic heterocycles. The standard InChI is InChI=1S/C28H28BrOP/c1-22-19-24(20-28(30-3)23(22)2)21-31(29,25-13-7-4-8-14-25,26-15-9-5-10-16-26)27-17-11-6-12-18-27/h4-20H,21H2,1-3H3. The SMILES string of the molecule is COc1cc(CP(Br)(c2ccccc2)(c2ccccc2)c2ccccc2)cc(C)c1C. The van der Waals surface area contributed by atoms with E-state index >= 15 is 0 Å². The molecule has 0 heterocycles. The third-order valence-electron chi connectivity index (χ3n) is 6.26. The number of halogens is 1. The van der Waals surface area contributed by atoms with Crippen molar-refractivity contribution >= 4 is 36.7 Å². The van der Waals surface area contributed by atoms with Crippen LogP contribution in [0.3, 0.4) is 0 Å². The topological polar surface area (TPSA) is 9.23 Å². The van der Waals surface area contributed by atoms with Crippen molar-refractivity contribution in [3.63, 3.8) is 0 Å². The Labute approximate surface area is 193 Å². The summed E-state index contributed by atoms with van der Waals surface area (Å²) < 4.78 is 5.73. The van der Waals surface area contributed by atoms with Crippen molar-refractivity contribution in [1.29, 1.82) is 0 Å². The van der Waals surface area contributed by atoms with Crippen molar-refractivity contribution in [2.75, 3.05) is 7.11 Å². The van der Waals surface area contributed by atoms with Crippen LogP contribution in [0.15, 0.2) is 103 Å². The number of aryl methyl sites for hydroxylation is 1. The fraction of sp³-hybridized carbons (Fsp3) is 0.143. The molecular weight excluding hydrogens is 463 g/mol. The van der Waals surface area contributed by atoms with Crippen molar-refractivity contribution in [1.82, 2.24) is 0 Å². The Morgan fingerprint density at radius 3 is 1.48 bits per heavy atom. The van der Waals surface area contributed by atoms with E-state index in [0.29, 0.717) is 0 Å². The number of hydrogen-bond donors (Lipinski definition) is 0. The number of methoxy groups -OCH3 is 1. The molecule has 0 aliphatic rings. The molecule has 4 aromatic rings. The monoisotopic (exact) mass is 490 g/mol. The van der Waals surface area contributed by atoms with E-state index in [1.807, 2.05) is 0 Å². The first kappa shape index (κ1) is 21.8. The molecule has 0 saturated heterocycles. The molecule has 0 aliphatic carbocycles. The summed E-state index contributed by atoms with van der Waals surface area (Å²) in [7, 11) is 1.75.